The molecule has 0 aliphatic heterocycles. The largest absolute Gasteiger partial charge is 0.481 e. The molecule has 0 radical (unpaired) electrons. The Kier molecular flexibility index (Phi) is 6.19. The van der Waals surface area contributed by atoms with Gasteiger partial charge in [-0.25, -0.2) is 4.79 Å². The number of nitrogens with zero attached hydrogens (tertiary/aromatic N) is 3. The van der Waals surface area contributed by atoms with Crippen molar-refractivity contribution in [2.45, 2.75) is 52.6 Å². The maximum atomic E-state index is 13.6. The predicted octanol–water partition coefficient (Wildman–Crippen LogP) is 3.59. The molecule has 170 valence electrons. The second kappa shape index (κ2) is 9.07. The van der Waals surface area contributed by atoms with Crippen LogP contribution in [-0.2, 0) is 17.9 Å². The minimum atomic E-state index is -0.777. The van der Waals surface area contributed by atoms with E-state index in [0.717, 1.165) is 16.7 Å². The zero-order valence-corrected chi connectivity index (χ0v) is 18.9. The minimum Gasteiger partial charge on any atom is -0.481 e. The van der Waals surface area contributed by atoms with Crippen molar-refractivity contribution in [3.63, 3.8) is 0 Å². The van der Waals surface area contributed by atoms with E-state index < -0.39 is 11.7 Å². The van der Waals surface area contributed by atoms with Crippen molar-refractivity contribution < 1.29 is 9.90 Å². The van der Waals surface area contributed by atoms with Gasteiger partial charge in [0.2, 0.25) is 0 Å². The lowest BCUT2D eigenvalue weighted by atomic mass is 9.82. The molecule has 0 saturated heterocycles. The molecule has 2 aromatic carbocycles. The average Bonchev–Trinajstić information content (AvgIpc) is 2.79. The summed E-state index contributed by atoms with van der Waals surface area (Å²) < 4.78 is 2.89. The molecule has 1 fully saturated rings. The molecule has 0 bridgehead atoms. The number of aromatic nitrogens is 2. The maximum absolute atomic E-state index is 13.6. The fourth-order valence-corrected chi connectivity index (χ4v) is 4.98. The van der Waals surface area contributed by atoms with Crippen molar-refractivity contribution >= 4 is 16.9 Å². The van der Waals surface area contributed by atoms with Crippen LogP contribution in [0, 0.1) is 37.0 Å². The Morgan fingerprint density at radius 3 is 2.36 bits per heavy atom. The zero-order valence-electron chi connectivity index (χ0n) is 18.9. The van der Waals surface area contributed by atoms with E-state index in [1.807, 2.05) is 44.2 Å². The number of carboxylic acids is 1. The van der Waals surface area contributed by atoms with Gasteiger partial charge in [-0.2, -0.15) is 5.26 Å². The van der Waals surface area contributed by atoms with Crippen LogP contribution in [0.5, 0.6) is 0 Å². The van der Waals surface area contributed by atoms with E-state index in [4.69, 9.17) is 0 Å². The van der Waals surface area contributed by atoms with E-state index in [9.17, 15) is 24.8 Å². The highest BCUT2D eigenvalue weighted by molar-refractivity contribution is 5.81. The average molecular weight is 446 g/mol. The Morgan fingerprint density at radius 1 is 1.03 bits per heavy atom. The first-order valence-corrected chi connectivity index (χ1v) is 11.3. The second-order valence-electron chi connectivity index (χ2n) is 9.03. The molecule has 1 heterocycles. The van der Waals surface area contributed by atoms with Crippen LogP contribution in [0.25, 0.3) is 10.9 Å². The topological polar surface area (TPSA) is 105 Å². The summed E-state index contributed by atoms with van der Waals surface area (Å²) in [5.41, 5.74) is 2.75. The maximum Gasteiger partial charge on any atom is 0.331 e. The van der Waals surface area contributed by atoms with Gasteiger partial charge in [0.15, 0.2) is 0 Å². The number of aryl methyl sites for hydroxylation is 2. The van der Waals surface area contributed by atoms with E-state index in [1.54, 1.807) is 10.6 Å². The fraction of sp³-hybridized carbons (Fsp3) is 0.385. The molecule has 0 amide bonds. The second-order valence-corrected chi connectivity index (χ2v) is 9.03. The van der Waals surface area contributed by atoms with Crippen LogP contribution in [0.1, 0.15) is 47.9 Å². The molecule has 0 spiro atoms. The van der Waals surface area contributed by atoms with Gasteiger partial charge in [0, 0.05) is 6.54 Å². The third kappa shape index (κ3) is 4.21. The molecule has 1 saturated carbocycles. The van der Waals surface area contributed by atoms with E-state index in [1.165, 1.54) is 4.57 Å². The van der Waals surface area contributed by atoms with Crippen LogP contribution < -0.4 is 11.2 Å². The summed E-state index contributed by atoms with van der Waals surface area (Å²) >= 11 is 0. The van der Waals surface area contributed by atoms with E-state index in [2.05, 4.69) is 6.07 Å². The van der Waals surface area contributed by atoms with Gasteiger partial charge in [-0.1, -0.05) is 30.3 Å². The Labute approximate surface area is 191 Å². The van der Waals surface area contributed by atoms with Gasteiger partial charge >= 0.3 is 11.7 Å². The zero-order chi connectivity index (χ0) is 23.7. The summed E-state index contributed by atoms with van der Waals surface area (Å²) in [6.07, 6.45) is 2.46. The Hall–Kier alpha value is -3.66. The number of aliphatic carboxylic acids is 1. The number of fused-ring (bicyclic) bond motifs is 1. The van der Waals surface area contributed by atoms with E-state index >= 15 is 0 Å². The Morgan fingerprint density at radius 2 is 1.70 bits per heavy atom. The highest BCUT2D eigenvalue weighted by Gasteiger charge is 2.27. The summed E-state index contributed by atoms with van der Waals surface area (Å²) in [7, 11) is 0. The van der Waals surface area contributed by atoms with Crippen molar-refractivity contribution in [1.29, 1.82) is 5.26 Å². The lowest BCUT2D eigenvalue weighted by molar-refractivity contribution is -0.143. The summed E-state index contributed by atoms with van der Waals surface area (Å²) in [6.45, 7) is 4.18. The highest BCUT2D eigenvalue weighted by atomic mass is 16.4. The standard InChI is InChI=1S/C26H27N3O4/c1-16-5-3-7-20(21(16)13-27)15-28-22-8-4-6-17(2)23(22)24(30)29(26(28)33)14-18-9-11-19(12-10-18)25(31)32/h3-8,18-19H,9-12,14-15H2,1-2H3,(H,31,32)/t18-,19-. The molecule has 1 N–H and O–H groups in total. The van der Waals surface area contributed by atoms with Crippen LogP contribution in [0.2, 0.25) is 0 Å². The van der Waals surface area contributed by atoms with Crippen molar-refractivity contribution in [2.75, 3.05) is 0 Å². The predicted molar refractivity (Wildman–Crippen MR) is 125 cm³/mol. The highest BCUT2D eigenvalue weighted by Crippen LogP contribution is 2.29. The number of rotatable bonds is 5. The summed E-state index contributed by atoms with van der Waals surface area (Å²) in [6, 6.07) is 13.3. The van der Waals surface area contributed by atoms with Crippen molar-refractivity contribution in [1.82, 2.24) is 9.13 Å². The van der Waals surface area contributed by atoms with Gasteiger partial charge in [-0.15, -0.1) is 0 Å². The van der Waals surface area contributed by atoms with Crippen LogP contribution >= 0.6 is 0 Å². The van der Waals surface area contributed by atoms with Gasteiger partial charge in [-0.05, 0) is 68.2 Å². The lowest BCUT2D eigenvalue weighted by Crippen LogP contribution is -2.42. The molecule has 3 aromatic rings. The number of carboxylic acid groups (broad SMARTS) is 1. The summed E-state index contributed by atoms with van der Waals surface area (Å²) in [5, 5.41) is 19.4. The quantitative estimate of drug-likeness (QED) is 0.646. The van der Waals surface area contributed by atoms with Crippen molar-refractivity contribution in [3.05, 3.63) is 79.5 Å². The fourth-order valence-electron chi connectivity index (χ4n) is 4.98. The van der Waals surface area contributed by atoms with Crippen LogP contribution in [0.4, 0.5) is 0 Å². The Balaban J connectivity index is 1.81. The molecule has 1 aromatic heterocycles. The molecular weight excluding hydrogens is 418 g/mol. The number of carbonyl (C=O) groups is 1. The molecular formula is C26H27N3O4. The van der Waals surface area contributed by atoms with Crippen LogP contribution in [0.15, 0.2) is 46.0 Å². The number of nitriles is 1. The van der Waals surface area contributed by atoms with Gasteiger partial charge in [-0.3, -0.25) is 18.7 Å². The molecule has 33 heavy (non-hydrogen) atoms. The number of hydrogen-bond acceptors (Lipinski definition) is 4. The summed E-state index contributed by atoms with van der Waals surface area (Å²) in [5.74, 6) is -1.05. The SMILES string of the molecule is Cc1cccc(Cn2c(=O)n(C[C@H]3CC[C@H](C(=O)O)CC3)c(=O)c3c(C)cccc32)c1C#N. The number of benzene rings is 2. The first-order chi connectivity index (χ1) is 15.8. The normalized spacial score (nSPS) is 18.2. The first kappa shape index (κ1) is 22.5. The molecule has 1 aliphatic carbocycles. The van der Waals surface area contributed by atoms with Crippen LogP contribution in [-0.4, -0.2) is 20.2 Å². The van der Waals surface area contributed by atoms with Crippen molar-refractivity contribution in [3.8, 4) is 6.07 Å². The smallest absolute Gasteiger partial charge is 0.331 e. The monoisotopic (exact) mass is 445 g/mol. The van der Waals surface area contributed by atoms with Gasteiger partial charge in [0.05, 0.1) is 35.0 Å². The van der Waals surface area contributed by atoms with Gasteiger partial charge < -0.3 is 5.11 Å². The third-order valence-corrected chi connectivity index (χ3v) is 6.90. The van der Waals surface area contributed by atoms with Crippen molar-refractivity contribution in [2.24, 2.45) is 11.8 Å². The molecule has 7 heteroatoms. The molecule has 7 nitrogen and oxygen atoms in total. The first-order valence-electron chi connectivity index (χ1n) is 11.3. The van der Waals surface area contributed by atoms with Gasteiger partial charge in [0.1, 0.15) is 0 Å². The molecule has 0 atom stereocenters. The Bertz CT molecular complexity index is 1390. The van der Waals surface area contributed by atoms with Gasteiger partial charge in [0.25, 0.3) is 5.56 Å². The van der Waals surface area contributed by atoms with E-state index in [0.29, 0.717) is 42.1 Å². The third-order valence-electron chi connectivity index (χ3n) is 6.90. The number of hydrogen-bond donors (Lipinski definition) is 1. The molecule has 1 aliphatic rings. The van der Waals surface area contributed by atoms with Crippen LogP contribution in [0.3, 0.4) is 0 Å². The summed E-state index contributed by atoms with van der Waals surface area (Å²) in [4.78, 5) is 38.3. The molecule has 0 unspecified atom stereocenters. The lowest BCUT2D eigenvalue weighted by Gasteiger charge is -2.26. The van der Waals surface area contributed by atoms with E-state index in [-0.39, 0.29) is 30.5 Å². The molecule has 4 rings (SSSR count). The minimum absolute atomic E-state index is 0.0783.